The van der Waals surface area contributed by atoms with E-state index < -0.39 is 5.91 Å². The summed E-state index contributed by atoms with van der Waals surface area (Å²) in [5, 5.41) is 1.18. The molecule has 0 spiro atoms. The van der Waals surface area contributed by atoms with E-state index in [1.54, 1.807) is 30.3 Å². The molecule has 1 amide bonds. The van der Waals surface area contributed by atoms with E-state index in [0.717, 1.165) is 0 Å². The molecule has 3 aromatic rings. The van der Waals surface area contributed by atoms with Crippen LogP contribution in [0.25, 0.3) is 10.9 Å². The van der Waals surface area contributed by atoms with Gasteiger partial charge in [0.05, 0.1) is 21.5 Å². The molecular weight excluding hydrogens is 363 g/mol. The molecule has 0 saturated carbocycles. The molecule has 3 rings (SSSR count). The van der Waals surface area contributed by atoms with Crippen molar-refractivity contribution in [3.63, 3.8) is 0 Å². The lowest BCUT2D eigenvalue weighted by molar-refractivity contribution is 0.0962. The molecule has 6 nitrogen and oxygen atoms in total. The monoisotopic (exact) mass is 376 g/mol. The molecule has 128 valence electrons. The Labute approximate surface area is 153 Å². The normalized spacial score (nSPS) is 10.7. The summed E-state index contributed by atoms with van der Waals surface area (Å²) in [5.74, 6) is -0.226. The fraction of sp³-hybridized carbons (Fsp3) is 0.118. The van der Waals surface area contributed by atoms with Gasteiger partial charge in [-0.2, -0.15) is 0 Å². The molecule has 25 heavy (non-hydrogen) atoms. The summed E-state index contributed by atoms with van der Waals surface area (Å²) in [6, 6.07) is 11.6. The number of hydrogen-bond acceptors (Lipinski definition) is 4. The summed E-state index contributed by atoms with van der Waals surface area (Å²) < 4.78 is 1.44. The number of halogens is 2. The molecule has 2 N–H and O–H groups in total. The van der Waals surface area contributed by atoms with Crippen LogP contribution in [-0.4, -0.2) is 15.5 Å². The molecule has 8 heteroatoms. The zero-order valence-corrected chi connectivity index (χ0v) is 14.7. The van der Waals surface area contributed by atoms with Crippen molar-refractivity contribution in [2.24, 2.45) is 0 Å². The van der Waals surface area contributed by atoms with Gasteiger partial charge in [0.25, 0.3) is 11.5 Å². The predicted molar refractivity (Wildman–Crippen MR) is 99.2 cm³/mol. The van der Waals surface area contributed by atoms with Crippen LogP contribution in [0.15, 0.2) is 47.3 Å². The first-order valence-corrected chi connectivity index (χ1v) is 8.28. The average Bonchev–Trinajstić information content (AvgIpc) is 2.60. The van der Waals surface area contributed by atoms with Gasteiger partial charge in [-0.15, -0.1) is 0 Å². The number of para-hydroxylation sites is 1. The Kier molecular flexibility index (Phi) is 4.92. The zero-order valence-electron chi connectivity index (χ0n) is 13.2. The van der Waals surface area contributed by atoms with Gasteiger partial charge in [-0.1, -0.05) is 35.3 Å². The lowest BCUT2D eigenvalue weighted by atomic mass is 10.2. The second-order valence-corrected chi connectivity index (χ2v) is 6.05. The van der Waals surface area contributed by atoms with Crippen LogP contribution >= 0.6 is 23.2 Å². The third-order valence-electron chi connectivity index (χ3n) is 3.64. The quantitative estimate of drug-likeness (QED) is 0.683. The molecule has 2 aromatic carbocycles. The predicted octanol–water partition coefficient (Wildman–Crippen LogP) is 3.48. The van der Waals surface area contributed by atoms with Gasteiger partial charge < -0.3 is 0 Å². The minimum absolute atomic E-state index is 0.186. The lowest BCUT2D eigenvalue weighted by Crippen LogP contribution is -2.34. The van der Waals surface area contributed by atoms with Gasteiger partial charge in [-0.3, -0.25) is 25.0 Å². The Morgan fingerprint density at radius 1 is 1.20 bits per heavy atom. The number of aromatic nitrogens is 2. The Balaban J connectivity index is 1.90. The molecule has 0 fully saturated rings. The maximum absolute atomic E-state index is 12.5. The van der Waals surface area contributed by atoms with E-state index in [1.165, 1.54) is 16.7 Å². The number of nitrogens with one attached hydrogen (secondary N) is 2. The van der Waals surface area contributed by atoms with Gasteiger partial charge in [-0.25, -0.2) is 4.98 Å². The summed E-state index contributed by atoms with van der Waals surface area (Å²) in [6.45, 7) is 2.22. The zero-order chi connectivity index (χ0) is 18.0. The summed E-state index contributed by atoms with van der Waals surface area (Å²) in [7, 11) is 0. The van der Waals surface area contributed by atoms with Gasteiger partial charge in [0.1, 0.15) is 0 Å². The molecule has 0 radical (unpaired) electrons. The molecule has 0 aliphatic rings. The molecule has 0 bridgehead atoms. The molecule has 0 aliphatic heterocycles. The summed E-state index contributed by atoms with van der Waals surface area (Å²) >= 11 is 11.9. The van der Waals surface area contributed by atoms with Gasteiger partial charge in [0.2, 0.25) is 5.95 Å². The smallest absolute Gasteiger partial charge is 0.271 e. The van der Waals surface area contributed by atoms with E-state index >= 15 is 0 Å². The fourth-order valence-electron chi connectivity index (χ4n) is 2.41. The number of amides is 1. The Bertz CT molecular complexity index is 1020. The van der Waals surface area contributed by atoms with Crippen molar-refractivity contribution in [1.29, 1.82) is 0 Å². The van der Waals surface area contributed by atoms with Crippen LogP contribution in [0.2, 0.25) is 10.0 Å². The Hall–Kier alpha value is -2.57. The number of anilines is 1. The number of fused-ring (bicyclic) bond motifs is 1. The third kappa shape index (κ3) is 3.45. The van der Waals surface area contributed by atoms with Crippen LogP contribution in [0.1, 0.15) is 17.3 Å². The molecule has 1 heterocycles. The fourth-order valence-corrected chi connectivity index (χ4v) is 2.90. The van der Waals surface area contributed by atoms with Crippen molar-refractivity contribution in [2.75, 3.05) is 5.43 Å². The van der Waals surface area contributed by atoms with E-state index in [-0.39, 0.29) is 22.1 Å². The summed E-state index contributed by atoms with van der Waals surface area (Å²) in [5.41, 5.74) is 5.81. The highest BCUT2D eigenvalue weighted by atomic mass is 35.5. The first kappa shape index (κ1) is 17.3. The minimum atomic E-state index is -0.466. The van der Waals surface area contributed by atoms with Crippen LogP contribution in [0, 0.1) is 0 Å². The van der Waals surface area contributed by atoms with Crippen molar-refractivity contribution in [1.82, 2.24) is 15.0 Å². The second kappa shape index (κ2) is 7.13. The third-order valence-corrected chi connectivity index (χ3v) is 4.19. The number of carbonyl (C=O) groups is 1. The van der Waals surface area contributed by atoms with E-state index in [4.69, 9.17) is 23.2 Å². The Morgan fingerprint density at radius 2 is 1.96 bits per heavy atom. The van der Waals surface area contributed by atoms with Crippen LogP contribution < -0.4 is 16.4 Å². The SMILES string of the molecule is CCn1c(NNC(=O)c2ccc(Cl)cc2Cl)nc2ccccc2c1=O. The topological polar surface area (TPSA) is 76.0 Å². The highest BCUT2D eigenvalue weighted by Crippen LogP contribution is 2.20. The highest BCUT2D eigenvalue weighted by molar-refractivity contribution is 6.36. The summed E-state index contributed by atoms with van der Waals surface area (Å²) in [6.07, 6.45) is 0. The van der Waals surface area contributed by atoms with Gasteiger partial charge >= 0.3 is 0 Å². The molecular formula is C17H14Cl2N4O2. The number of hydrazine groups is 1. The van der Waals surface area contributed by atoms with Crippen molar-refractivity contribution in [3.8, 4) is 0 Å². The second-order valence-electron chi connectivity index (χ2n) is 5.21. The molecule has 0 saturated heterocycles. The maximum atomic E-state index is 12.5. The first-order chi connectivity index (χ1) is 12.0. The van der Waals surface area contributed by atoms with Crippen molar-refractivity contribution >= 4 is 46.0 Å². The van der Waals surface area contributed by atoms with E-state index in [1.807, 2.05) is 6.92 Å². The first-order valence-electron chi connectivity index (χ1n) is 7.52. The van der Waals surface area contributed by atoms with Crippen LogP contribution in [0.4, 0.5) is 5.95 Å². The number of nitrogens with zero attached hydrogens (tertiary/aromatic N) is 2. The van der Waals surface area contributed by atoms with E-state index in [9.17, 15) is 9.59 Å². The average molecular weight is 377 g/mol. The van der Waals surface area contributed by atoms with Gasteiger partial charge in [-0.05, 0) is 37.3 Å². The number of carbonyl (C=O) groups excluding carboxylic acids is 1. The largest absolute Gasteiger partial charge is 0.277 e. The minimum Gasteiger partial charge on any atom is -0.277 e. The van der Waals surface area contributed by atoms with Crippen molar-refractivity contribution in [3.05, 3.63) is 68.4 Å². The molecule has 0 atom stereocenters. The Morgan fingerprint density at radius 3 is 2.68 bits per heavy atom. The number of rotatable bonds is 4. The lowest BCUT2D eigenvalue weighted by Gasteiger charge is -2.14. The number of benzene rings is 2. The van der Waals surface area contributed by atoms with E-state index in [0.29, 0.717) is 22.5 Å². The molecule has 0 aliphatic carbocycles. The molecule has 1 aromatic heterocycles. The number of hydrogen-bond donors (Lipinski definition) is 2. The van der Waals surface area contributed by atoms with Crippen molar-refractivity contribution < 1.29 is 4.79 Å². The van der Waals surface area contributed by atoms with Crippen LogP contribution in [0.3, 0.4) is 0 Å². The standard InChI is InChI=1S/C17H14Cl2N4O2/c1-2-23-16(25)12-5-3-4-6-14(12)20-17(23)22-21-15(24)11-8-7-10(18)9-13(11)19/h3-9H,2H2,1H3,(H,20,22)(H,21,24). The van der Waals surface area contributed by atoms with Gasteiger partial charge in [0.15, 0.2) is 0 Å². The highest BCUT2D eigenvalue weighted by Gasteiger charge is 2.13. The maximum Gasteiger partial charge on any atom is 0.271 e. The van der Waals surface area contributed by atoms with Crippen LogP contribution in [-0.2, 0) is 6.54 Å². The van der Waals surface area contributed by atoms with Crippen LogP contribution in [0.5, 0.6) is 0 Å². The van der Waals surface area contributed by atoms with Gasteiger partial charge in [0, 0.05) is 11.6 Å². The van der Waals surface area contributed by atoms with Crippen molar-refractivity contribution in [2.45, 2.75) is 13.5 Å². The summed E-state index contributed by atoms with van der Waals surface area (Å²) in [4.78, 5) is 29.2. The van der Waals surface area contributed by atoms with E-state index in [2.05, 4.69) is 15.8 Å². The molecule has 0 unspecified atom stereocenters.